The summed E-state index contributed by atoms with van der Waals surface area (Å²) in [4.78, 5) is 35.2. The number of amides is 2. The first-order valence-corrected chi connectivity index (χ1v) is 9.27. The molecule has 0 unspecified atom stereocenters. The van der Waals surface area contributed by atoms with E-state index in [-0.39, 0.29) is 5.91 Å². The molecule has 2 aromatic carbocycles. The van der Waals surface area contributed by atoms with E-state index in [1.807, 2.05) is 6.92 Å². The van der Waals surface area contributed by atoms with E-state index < -0.39 is 24.3 Å². The summed E-state index contributed by atoms with van der Waals surface area (Å²) >= 11 is 0. The molecule has 0 aromatic heterocycles. The van der Waals surface area contributed by atoms with E-state index >= 15 is 0 Å². The molecular weight excluding hydrogens is 374 g/mol. The Labute approximate surface area is 169 Å². The molecule has 8 heteroatoms. The van der Waals surface area contributed by atoms with Crippen molar-refractivity contribution < 1.29 is 24.2 Å². The first-order valence-electron chi connectivity index (χ1n) is 9.27. The lowest BCUT2D eigenvalue weighted by Gasteiger charge is -2.20. The monoisotopic (exact) mass is 399 g/mol. The van der Waals surface area contributed by atoms with E-state index in [0.717, 1.165) is 6.42 Å². The maximum absolute atomic E-state index is 12.7. The summed E-state index contributed by atoms with van der Waals surface area (Å²) in [6.45, 7) is 3.87. The summed E-state index contributed by atoms with van der Waals surface area (Å²) in [5.74, 6) is -1.32. The predicted molar refractivity (Wildman–Crippen MR) is 111 cm³/mol. The Hall–Kier alpha value is -3.55. The topological polar surface area (TPSA) is 117 Å². The van der Waals surface area contributed by atoms with Crippen LogP contribution >= 0.6 is 0 Å². The number of para-hydroxylation sites is 2. The number of carboxylic acids is 1. The summed E-state index contributed by atoms with van der Waals surface area (Å²) in [5, 5.41) is 17.5. The van der Waals surface area contributed by atoms with Gasteiger partial charge in [-0.05, 0) is 36.8 Å². The van der Waals surface area contributed by atoms with E-state index in [2.05, 4.69) is 16.0 Å². The minimum Gasteiger partial charge on any atom is -0.491 e. The van der Waals surface area contributed by atoms with Crippen LogP contribution in [0.15, 0.2) is 48.5 Å². The van der Waals surface area contributed by atoms with E-state index in [4.69, 9.17) is 4.74 Å². The Balaban J connectivity index is 2.17. The summed E-state index contributed by atoms with van der Waals surface area (Å²) in [6.07, 6.45) is 0.400. The molecule has 0 aliphatic heterocycles. The third-order valence-electron chi connectivity index (χ3n) is 3.82. The Morgan fingerprint density at radius 1 is 1.03 bits per heavy atom. The highest BCUT2D eigenvalue weighted by Gasteiger charge is 2.23. The van der Waals surface area contributed by atoms with Crippen LogP contribution in [-0.2, 0) is 14.4 Å². The largest absolute Gasteiger partial charge is 0.491 e. The van der Waals surface area contributed by atoms with Gasteiger partial charge in [-0.15, -0.1) is 0 Å². The summed E-state index contributed by atoms with van der Waals surface area (Å²) < 4.78 is 5.66. The predicted octanol–water partition coefficient (Wildman–Crippen LogP) is 3.33. The number of carbonyl (C=O) groups is 3. The molecule has 0 radical (unpaired) electrons. The Morgan fingerprint density at radius 3 is 2.38 bits per heavy atom. The van der Waals surface area contributed by atoms with Gasteiger partial charge in [0.25, 0.3) is 0 Å². The van der Waals surface area contributed by atoms with Crippen LogP contribution in [0.25, 0.3) is 0 Å². The molecule has 0 saturated carbocycles. The number of aliphatic carboxylic acids is 1. The molecule has 2 amide bonds. The molecule has 154 valence electrons. The molecule has 0 aliphatic carbocycles. The highest BCUT2D eigenvalue weighted by molar-refractivity contribution is 5.99. The van der Waals surface area contributed by atoms with Crippen molar-refractivity contribution in [1.82, 2.24) is 0 Å². The van der Waals surface area contributed by atoms with Gasteiger partial charge in [0.2, 0.25) is 11.8 Å². The van der Waals surface area contributed by atoms with E-state index in [1.165, 1.54) is 6.92 Å². The number of nitrogens with one attached hydrogen (secondary N) is 3. The minimum absolute atomic E-state index is 0.234. The van der Waals surface area contributed by atoms with E-state index in [9.17, 15) is 19.5 Å². The smallest absolute Gasteiger partial charge is 0.305 e. The average Bonchev–Trinajstić information content (AvgIpc) is 2.66. The second kappa shape index (κ2) is 10.7. The minimum atomic E-state index is -1.11. The highest BCUT2D eigenvalue weighted by Crippen LogP contribution is 2.25. The van der Waals surface area contributed by atoms with Gasteiger partial charge in [0.15, 0.2) is 0 Å². The van der Waals surface area contributed by atoms with Crippen molar-refractivity contribution in [2.45, 2.75) is 32.7 Å². The zero-order valence-corrected chi connectivity index (χ0v) is 16.4. The maximum Gasteiger partial charge on any atom is 0.305 e. The number of carbonyl (C=O) groups excluding carboxylic acids is 2. The summed E-state index contributed by atoms with van der Waals surface area (Å²) in [5.41, 5.74) is 1.50. The third-order valence-corrected chi connectivity index (χ3v) is 3.82. The number of rotatable bonds is 10. The zero-order valence-electron chi connectivity index (χ0n) is 16.4. The SMILES string of the molecule is CCCOc1ccccc1N[C@@H](CC(=O)O)C(=O)Nc1cccc(NC(C)=O)c1. The third kappa shape index (κ3) is 7.17. The second-order valence-corrected chi connectivity index (χ2v) is 6.39. The lowest BCUT2D eigenvalue weighted by atomic mass is 10.1. The van der Waals surface area contributed by atoms with Crippen LogP contribution < -0.4 is 20.7 Å². The average molecular weight is 399 g/mol. The van der Waals surface area contributed by atoms with Crippen LogP contribution in [0.3, 0.4) is 0 Å². The van der Waals surface area contributed by atoms with Crippen molar-refractivity contribution >= 4 is 34.8 Å². The van der Waals surface area contributed by atoms with Gasteiger partial charge in [0.05, 0.1) is 18.7 Å². The van der Waals surface area contributed by atoms with Crippen molar-refractivity contribution in [3.05, 3.63) is 48.5 Å². The van der Waals surface area contributed by atoms with E-state index in [1.54, 1.807) is 48.5 Å². The van der Waals surface area contributed by atoms with Crippen molar-refractivity contribution in [2.24, 2.45) is 0 Å². The van der Waals surface area contributed by atoms with Gasteiger partial charge in [0, 0.05) is 18.3 Å². The van der Waals surface area contributed by atoms with Crippen molar-refractivity contribution in [1.29, 1.82) is 0 Å². The standard InChI is InChI=1S/C21H25N3O5/c1-3-11-29-19-10-5-4-9-17(19)24-18(13-20(26)27)21(28)23-16-8-6-7-15(12-16)22-14(2)25/h4-10,12,18,24H,3,11,13H2,1-2H3,(H,22,25)(H,23,28)(H,26,27)/t18-/m0/s1. The fraction of sp³-hybridized carbons (Fsp3) is 0.286. The molecule has 0 fully saturated rings. The maximum atomic E-state index is 12.7. The molecule has 0 aliphatic rings. The van der Waals surface area contributed by atoms with E-state index in [0.29, 0.717) is 29.4 Å². The molecule has 4 N–H and O–H groups in total. The van der Waals surface area contributed by atoms with Crippen LogP contribution in [0.5, 0.6) is 5.75 Å². The van der Waals surface area contributed by atoms with Gasteiger partial charge in [-0.25, -0.2) is 0 Å². The summed E-state index contributed by atoms with van der Waals surface area (Å²) in [7, 11) is 0. The van der Waals surface area contributed by atoms with Crippen LogP contribution in [-0.4, -0.2) is 35.5 Å². The van der Waals surface area contributed by atoms with Gasteiger partial charge in [0.1, 0.15) is 11.8 Å². The van der Waals surface area contributed by atoms with Gasteiger partial charge >= 0.3 is 5.97 Å². The van der Waals surface area contributed by atoms with Gasteiger partial charge in [-0.2, -0.15) is 0 Å². The number of carboxylic acid groups (broad SMARTS) is 1. The van der Waals surface area contributed by atoms with Gasteiger partial charge in [-0.1, -0.05) is 25.1 Å². The summed E-state index contributed by atoms with van der Waals surface area (Å²) in [6, 6.07) is 12.6. The Bertz CT molecular complexity index is 869. The fourth-order valence-electron chi connectivity index (χ4n) is 2.60. The molecular formula is C21H25N3O5. The lowest BCUT2D eigenvalue weighted by molar-refractivity contribution is -0.138. The fourth-order valence-corrected chi connectivity index (χ4v) is 2.60. The van der Waals surface area contributed by atoms with Gasteiger partial charge in [-0.3, -0.25) is 14.4 Å². The molecule has 0 heterocycles. The zero-order chi connectivity index (χ0) is 21.2. The number of hydrogen-bond acceptors (Lipinski definition) is 5. The van der Waals surface area contributed by atoms with Crippen molar-refractivity contribution in [3.8, 4) is 5.75 Å². The quantitative estimate of drug-likeness (QED) is 0.487. The number of anilines is 3. The molecule has 8 nitrogen and oxygen atoms in total. The molecule has 1 atom stereocenters. The normalized spacial score (nSPS) is 11.2. The number of benzene rings is 2. The van der Waals surface area contributed by atoms with Crippen LogP contribution in [0.2, 0.25) is 0 Å². The first-order chi connectivity index (χ1) is 13.9. The number of ether oxygens (including phenoxy) is 1. The molecule has 2 aromatic rings. The molecule has 2 rings (SSSR count). The van der Waals surface area contributed by atoms with Crippen molar-refractivity contribution in [3.63, 3.8) is 0 Å². The van der Waals surface area contributed by atoms with Gasteiger partial charge < -0.3 is 25.8 Å². The first kappa shape index (κ1) is 21.7. The van der Waals surface area contributed by atoms with Crippen LogP contribution in [0, 0.1) is 0 Å². The molecule has 29 heavy (non-hydrogen) atoms. The highest BCUT2D eigenvalue weighted by atomic mass is 16.5. The number of hydrogen-bond donors (Lipinski definition) is 4. The Morgan fingerprint density at radius 2 is 1.72 bits per heavy atom. The lowest BCUT2D eigenvalue weighted by Crippen LogP contribution is -2.36. The van der Waals surface area contributed by atoms with Crippen molar-refractivity contribution in [2.75, 3.05) is 22.6 Å². The van der Waals surface area contributed by atoms with Crippen LogP contribution in [0.4, 0.5) is 17.1 Å². The molecule has 0 bridgehead atoms. The molecule has 0 spiro atoms. The second-order valence-electron chi connectivity index (χ2n) is 6.39. The molecule has 0 saturated heterocycles. The van der Waals surface area contributed by atoms with Crippen LogP contribution in [0.1, 0.15) is 26.7 Å². The Kier molecular flexibility index (Phi) is 8.02.